The first-order chi connectivity index (χ1) is 23.1. The predicted octanol–water partition coefficient (Wildman–Crippen LogP) is 11.2. The van der Waals surface area contributed by atoms with Crippen LogP contribution in [0.25, 0.3) is 22.3 Å². The standard InChI is InChI=1S/C36H24BrNO2/c37-27-20-32-24-33(21-27)40-31-17-8-15-29(23-31)38(28-14-7-16-30(22-28)39-32)36-34(25-10-3-1-4-11-25)18-9-19-35(36)26-12-5-2-6-13-26/h1-24H/i7D,8D,14D,15D,16D,17D,20D,21D. The summed E-state index contributed by atoms with van der Waals surface area (Å²) in [5, 5.41) is 0. The van der Waals surface area contributed by atoms with Crippen molar-refractivity contribution in [2.45, 2.75) is 0 Å². The van der Waals surface area contributed by atoms with Crippen molar-refractivity contribution in [1.82, 2.24) is 0 Å². The number of rotatable bonds is 3. The normalized spacial score (nSPS) is 14.8. The molecule has 0 amide bonds. The molecule has 40 heavy (non-hydrogen) atoms. The van der Waals surface area contributed by atoms with Gasteiger partial charge in [-0.2, -0.15) is 0 Å². The Hall–Kier alpha value is -4.80. The molecule has 192 valence electrons. The Morgan fingerprint density at radius 3 is 1.55 bits per heavy atom. The lowest BCUT2D eigenvalue weighted by atomic mass is 9.94. The molecule has 0 fully saturated rings. The van der Waals surface area contributed by atoms with Crippen LogP contribution >= 0.6 is 15.9 Å². The van der Waals surface area contributed by atoms with E-state index in [1.54, 1.807) is 4.90 Å². The Bertz CT molecular complexity index is 2100. The van der Waals surface area contributed by atoms with Gasteiger partial charge >= 0.3 is 0 Å². The van der Waals surface area contributed by atoms with Gasteiger partial charge in [-0.3, -0.25) is 0 Å². The number of benzene rings is 6. The van der Waals surface area contributed by atoms with Crippen molar-refractivity contribution < 1.29 is 20.4 Å². The minimum absolute atomic E-state index is 0.0305. The van der Waals surface area contributed by atoms with E-state index in [-0.39, 0.29) is 63.0 Å². The molecular formula is C36H24BrNO2. The maximum absolute atomic E-state index is 9.18. The lowest BCUT2D eigenvalue weighted by Gasteiger charge is -2.31. The summed E-state index contributed by atoms with van der Waals surface area (Å²) in [7, 11) is 0. The van der Waals surface area contributed by atoms with Gasteiger partial charge < -0.3 is 14.4 Å². The van der Waals surface area contributed by atoms with Crippen LogP contribution in [0.4, 0.5) is 17.1 Å². The molecule has 0 aliphatic carbocycles. The van der Waals surface area contributed by atoms with Gasteiger partial charge in [-0.15, -0.1) is 0 Å². The molecule has 6 aromatic carbocycles. The van der Waals surface area contributed by atoms with E-state index in [1.165, 1.54) is 18.2 Å². The Morgan fingerprint density at radius 1 is 0.550 bits per heavy atom. The molecule has 6 aromatic rings. The van der Waals surface area contributed by atoms with E-state index in [0.29, 0.717) is 16.8 Å². The number of fused-ring (bicyclic) bond motifs is 6. The van der Waals surface area contributed by atoms with Crippen molar-refractivity contribution in [2.24, 2.45) is 0 Å². The average Bonchev–Trinajstić information content (AvgIpc) is 3.11. The van der Waals surface area contributed by atoms with Crippen LogP contribution in [-0.2, 0) is 0 Å². The van der Waals surface area contributed by atoms with Crippen LogP contribution in [-0.4, -0.2) is 0 Å². The number of halogens is 1. The molecule has 1 heterocycles. The molecule has 1 aliphatic rings. The predicted molar refractivity (Wildman–Crippen MR) is 166 cm³/mol. The molecule has 0 saturated heterocycles. The molecule has 0 atom stereocenters. The van der Waals surface area contributed by atoms with E-state index < -0.39 is 24.2 Å². The van der Waals surface area contributed by atoms with Crippen molar-refractivity contribution >= 4 is 33.0 Å². The van der Waals surface area contributed by atoms with E-state index in [4.69, 9.17) is 17.7 Å². The van der Waals surface area contributed by atoms with Gasteiger partial charge in [-0.05, 0) is 47.4 Å². The molecule has 0 saturated carbocycles. The Balaban J connectivity index is 1.67. The fourth-order valence-corrected chi connectivity index (χ4v) is 5.09. The van der Waals surface area contributed by atoms with Crippen LogP contribution in [0.3, 0.4) is 0 Å². The van der Waals surface area contributed by atoms with Crippen LogP contribution in [0.15, 0.2) is 150 Å². The average molecular weight is 591 g/mol. The van der Waals surface area contributed by atoms with Gasteiger partial charge in [-0.25, -0.2) is 0 Å². The summed E-state index contributed by atoms with van der Waals surface area (Å²) in [6.07, 6.45) is 0. The molecule has 7 rings (SSSR count). The van der Waals surface area contributed by atoms with Gasteiger partial charge in [0.2, 0.25) is 0 Å². The summed E-state index contributed by atoms with van der Waals surface area (Å²) >= 11 is 3.25. The zero-order valence-electron chi connectivity index (χ0n) is 28.9. The fourth-order valence-electron chi connectivity index (χ4n) is 4.70. The number of ether oxygens (including phenoxy) is 2. The SMILES string of the molecule is [2H]c1c2cc(c([2H])c1[2H])N(c1c(-c3ccccc3)cccc1-c1ccccc1)c1cc(c([2H])c([2H])c1[2H])Oc1cc(c([2H])c(Br)c1[2H])O2. The third kappa shape index (κ3) is 4.74. The first-order valence-corrected chi connectivity index (χ1v) is 13.3. The largest absolute Gasteiger partial charge is 0.457 e. The molecular weight excluding hydrogens is 558 g/mol. The van der Waals surface area contributed by atoms with Crippen LogP contribution < -0.4 is 14.4 Å². The first-order valence-electron chi connectivity index (χ1n) is 16.5. The summed E-state index contributed by atoms with van der Waals surface area (Å²) in [6.45, 7) is 0. The molecule has 0 unspecified atom stereocenters. The van der Waals surface area contributed by atoms with Gasteiger partial charge in [0.25, 0.3) is 0 Å². The van der Waals surface area contributed by atoms with Crippen LogP contribution in [0.5, 0.6) is 23.0 Å². The highest BCUT2D eigenvalue weighted by atomic mass is 79.9. The van der Waals surface area contributed by atoms with Gasteiger partial charge in [-0.1, -0.05) is 107 Å². The number of anilines is 3. The Morgan fingerprint density at radius 2 is 1.05 bits per heavy atom. The van der Waals surface area contributed by atoms with E-state index >= 15 is 0 Å². The second-order valence-corrected chi connectivity index (χ2v) is 9.74. The van der Waals surface area contributed by atoms with Gasteiger partial charge in [0.05, 0.1) is 16.7 Å². The number of hydrogen-bond donors (Lipinski definition) is 0. The van der Waals surface area contributed by atoms with Crippen molar-refractivity contribution in [2.75, 3.05) is 4.90 Å². The Kier molecular flexibility index (Phi) is 4.42. The minimum atomic E-state index is -0.461. The van der Waals surface area contributed by atoms with Gasteiger partial charge in [0.15, 0.2) is 0 Å². The van der Waals surface area contributed by atoms with E-state index in [9.17, 15) is 2.74 Å². The summed E-state index contributed by atoms with van der Waals surface area (Å²) in [6, 6.07) is 26.1. The Labute approximate surface area is 253 Å². The first kappa shape index (κ1) is 17.0. The monoisotopic (exact) mass is 589 g/mol. The minimum Gasteiger partial charge on any atom is -0.457 e. The maximum atomic E-state index is 9.18. The molecule has 3 nitrogen and oxygen atoms in total. The lowest BCUT2D eigenvalue weighted by molar-refractivity contribution is 0.459. The quantitative estimate of drug-likeness (QED) is 0.204. The molecule has 0 aromatic heterocycles. The molecule has 1 aliphatic heterocycles. The molecule has 4 heteroatoms. The highest BCUT2D eigenvalue weighted by molar-refractivity contribution is 9.10. The van der Waals surface area contributed by atoms with Crippen molar-refractivity contribution in [3.63, 3.8) is 0 Å². The van der Waals surface area contributed by atoms with E-state index in [1.807, 2.05) is 78.9 Å². The third-order valence-electron chi connectivity index (χ3n) is 6.37. The summed E-state index contributed by atoms with van der Waals surface area (Å²) in [5.74, 6) is -0.481. The summed E-state index contributed by atoms with van der Waals surface area (Å²) < 4.78 is 83.0. The summed E-state index contributed by atoms with van der Waals surface area (Å²) in [4.78, 5) is 1.58. The smallest absolute Gasteiger partial charge is 0.132 e. The van der Waals surface area contributed by atoms with Crippen molar-refractivity contribution in [3.8, 4) is 45.3 Å². The second-order valence-electron chi connectivity index (χ2n) is 8.95. The van der Waals surface area contributed by atoms with E-state index in [0.717, 1.165) is 11.1 Å². The number of para-hydroxylation sites is 1. The van der Waals surface area contributed by atoms with Crippen LogP contribution in [0, 0.1) is 0 Å². The molecule has 0 spiro atoms. The van der Waals surface area contributed by atoms with Crippen LogP contribution in [0.1, 0.15) is 11.0 Å². The second kappa shape index (κ2) is 10.4. The maximum Gasteiger partial charge on any atom is 0.132 e. The van der Waals surface area contributed by atoms with Crippen molar-refractivity contribution in [3.05, 3.63) is 150 Å². The topological polar surface area (TPSA) is 21.7 Å². The lowest BCUT2D eigenvalue weighted by Crippen LogP contribution is -2.13. The zero-order valence-corrected chi connectivity index (χ0v) is 22.5. The third-order valence-corrected chi connectivity index (χ3v) is 6.76. The number of nitrogens with zero attached hydrogens (tertiary/aromatic N) is 1. The van der Waals surface area contributed by atoms with Gasteiger partial charge in [0.1, 0.15) is 23.0 Å². The molecule has 0 N–H and O–H groups in total. The zero-order chi connectivity index (χ0) is 33.9. The molecule has 6 bridgehead atoms. The fraction of sp³-hybridized carbons (Fsp3) is 0. The van der Waals surface area contributed by atoms with Crippen molar-refractivity contribution in [1.29, 1.82) is 0 Å². The van der Waals surface area contributed by atoms with Gasteiger partial charge in [0, 0.05) is 45.2 Å². The summed E-state index contributed by atoms with van der Waals surface area (Å²) in [5.41, 5.74) is 3.65. The number of hydrogen-bond acceptors (Lipinski definition) is 3. The van der Waals surface area contributed by atoms with Crippen LogP contribution in [0.2, 0.25) is 0 Å². The van der Waals surface area contributed by atoms with E-state index in [2.05, 4.69) is 15.9 Å². The highest BCUT2D eigenvalue weighted by Gasteiger charge is 2.23. The highest BCUT2D eigenvalue weighted by Crippen LogP contribution is 2.48. The molecule has 0 radical (unpaired) electrons.